The molecule has 2 aromatic rings. The molecule has 0 saturated carbocycles. The predicted octanol–water partition coefficient (Wildman–Crippen LogP) is 2.33. The molecule has 0 aliphatic heterocycles. The largest absolute Gasteiger partial charge is 0.487 e. The van der Waals surface area contributed by atoms with Crippen molar-refractivity contribution in [3.05, 3.63) is 52.0 Å². The Morgan fingerprint density at radius 1 is 1.33 bits per heavy atom. The molecule has 0 radical (unpaired) electrons. The van der Waals surface area contributed by atoms with E-state index in [0.29, 0.717) is 12.4 Å². The van der Waals surface area contributed by atoms with Crippen LogP contribution in [0.1, 0.15) is 16.3 Å². The maximum atomic E-state index is 11.7. The molecule has 2 rings (SSSR count). The van der Waals surface area contributed by atoms with Crippen LogP contribution in [0.3, 0.4) is 0 Å². The lowest BCUT2D eigenvalue weighted by atomic mass is 10.2. The van der Waals surface area contributed by atoms with E-state index in [4.69, 9.17) is 4.74 Å². The molecule has 1 aromatic carbocycles. The second-order valence-corrected chi connectivity index (χ2v) is 5.87. The average molecular weight is 346 g/mol. The van der Waals surface area contributed by atoms with E-state index in [0.717, 1.165) is 16.3 Å². The quantitative estimate of drug-likeness (QED) is 0.615. The summed E-state index contributed by atoms with van der Waals surface area (Å²) in [5.41, 5.74) is 1.63. The number of methoxy groups -OCH3 is 1. The molecule has 6 nitrogen and oxygen atoms in total. The number of ether oxygens (including phenoxy) is 2. The number of para-hydroxylation sites is 1. The summed E-state index contributed by atoms with van der Waals surface area (Å²) in [6.45, 7) is 2.14. The molecule has 1 heterocycles. The molecular weight excluding hydrogens is 328 g/mol. The van der Waals surface area contributed by atoms with Crippen molar-refractivity contribution in [1.82, 2.24) is 10.3 Å². The number of aryl methyl sites for hydroxylation is 1. The van der Waals surface area contributed by atoms with E-state index < -0.39 is 5.97 Å². The number of hydrogen-bond acceptors (Lipinski definition) is 6. The van der Waals surface area contributed by atoms with Crippen molar-refractivity contribution in [3.8, 4) is 5.75 Å². The molecule has 1 aromatic heterocycles. The fourth-order valence-electron chi connectivity index (χ4n) is 1.83. The molecule has 24 heavy (non-hydrogen) atoms. The number of nitrogens with zero attached hydrogens (tertiary/aromatic N) is 1. The molecular formula is C17H18N2O4S. The molecule has 0 unspecified atom stereocenters. The number of benzene rings is 1. The van der Waals surface area contributed by atoms with Gasteiger partial charge in [-0.1, -0.05) is 18.2 Å². The summed E-state index contributed by atoms with van der Waals surface area (Å²) in [6.07, 6.45) is 2.98. The first-order valence-electron chi connectivity index (χ1n) is 7.24. The number of rotatable bonds is 7. The molecule has 126 valence electrons. The van der Waals surface area contributed by atoms with Crippen LogP contribution in [0.25, 0.3) is 6.08 Å². The molecule has 0 bridgehead atoms. The molecule has 0 spiro atoms. The third kappa shape index (κ3) is 5.51. The molecule has 0 saturated heterocycles. The summed E-state index contributed by atoms with van der Waals surface area (Å²) in [5.74, 6) is -0.232. The predicted molar refractivity (Wildman–Crippen MR) is 91.7 cm³/mol. The van der Waals surface area contributed by atoms with E-state index >= 15 is 0 Å². The van der Waals surface area contributed by atoms with Gasteiger partial charge in [-0.2, -0.15) is 0 Å². The maximum absolute atomic E-state index is 11.7. The minimum absolute atomic E-state index is 0.166. The zero-order valence-electron chi connectivity index (χ0n) is 13.4. The van der Waals surface area contributed by atoms with Crippen molar-refractivity contribution in [2.24, 2.45) is 0 Å². The Bertz CT molecular complexity index is 740. The van der Waals surface area contributed by atoms with Crippen LogP contribution in [-0.2, 0) is 20.9 Å². The third-order valence-electron chi connectivity index (χ3n) is 3.01. The van der Waals surface area contributed by atoms with Gasteiger partial charge >= 0.3 is 5.97 Å². The molecule has 7 heteroatoms. The zero-order valence-corrected chi connectivity index (χ0v) is 14.3. The van der Waals surface area contributed by atoms with Crippen LogP contribution in [0.15, 0.2) is 35.7 Å². The SMILES string of the molecule is COC(=O)CNC(=O)/C=C/c1ccccc1OCc1csc(C)n1. The number of esters is 1. The van der Waals surface area contributed by atoms with E-state index in [1.54, 1.807) is 17.4 Å². The molecule has 0 aliphatic rings. The van der Waals surface area contributed by atoms with Gasteiger partial charge in [0.2, 0.25) is 5.91 Å². The Morgan fingerprint density at radius 3 is 2.83 bits per heavy atom. The van der Waals surface area contributed by atoms with E-state index in [2.05, 4.69) is 15.0 Å². The Hall–Kier alpha value is -2.67. The summed E-state index contributed by atoms with van der Waals surface area (Å²) in [5, 5.41) is 5.38. The molecule has 1 N–H and O–H groups in total. The number of amides is 1. The van der Waals surface area contributed by atoms with Crippen molar-refractivity contribution in [1.29, 1.82) is 0 Å². The van der Waals surface area contributed by atoms with Gasteiger partial charge in [-0.15, -0.1) is 11.3 Å². The molecule has 1 amide bonds. The first-order chi connectivity index (χ1) is 11.6. The Labute approximate surface area is 144 Å². The van der Waals surface area contributed by atoms with Crippen LogP contribution in [0.4, 0.5) is 0 Å². The lowest BCUT2D eigenvalue weighted by molar-refractivity contribution is -0.140. The summed E-state index contributed by atoms with van der Waals surface area (Å²) in [6, 6.07) is 7.37. The van der Waals surface area contributed by atoms with Gasteiger partial charge in [-0.25, -0.2) is 4.98 Å². The highest BCUT2D eigenvalue weighted by Gasteiger charge is 2.05. The van der Waals surface area contributed by atoms with Crippen molar-refractivity contribution in [2.75, 3.05) is 13.7 Å². The highest BCUT2D eigenvalue weighted by Crippen LogP contribution is 2.21. The van der Waals surface area contributed by atoms with Crippen LogP contribution in [0.2, 0.25) is 0 Å². The average Bonchev–Trinajstić information content (AvgIpc) is 3.02. The maximum Gasteiger partial charge on any atom is 0.325 e. The zero-order chi connectivity index (χ0) is 17.4. The Balaban J connectivity index is 1.96. The van der Waals surface area contributed by atoms with E-state index in [-0.39, 0.29) is 12.5 Å². The Morgan fingerprint density at radius 2 is 2.12 bits per heavy atom. The highest BCUT2D eigenvalue weighted by molar-refractivity contribution is 7.09. The summed E-state index contributed by atoms with van der Waals surface area (Å²) < 4.78 is 10.2. The third-order valence-corrected chi connectivity index (χ3v) is 3.83. The van der Waals surface area contributed by atoms with Crippen molar-refractivity contribution >= 4 is 29.3 Å². The van der Waals surface area contributed by atoms with Crippen LogP contribution in [0.5, 0.6) is 5.75 Å². The smallest absolute Gasteiger partial charge is 0.325 e. The van der Waals surface area contributed by atoms with Gasteiger partial charge in [0.05, 0.1) is 17.8 Å². The Kier molecular flexibility index (Phi) is 6.51. The topological polar surface area (TPSA) is 77.5 Å². The van der Waals surface area contributed by atoms with Crippen molar-refractivity contribution < 1.29 is 19.1 Å². The van der Waals surface area contributed by atoms with Gasteiger partial charge < -0.3 is 14.8 Å². The van der Waals surface area contributed by atoms with Gasteiger partial charge in [0.15, 0.2) is 0 Å². The summed E-state index contributed by atoms with van der Waals surface area (Å²) >= 11 is 1.57. The standard InChI is InChI=1S/C17H18N2O4S/c1-12-19-14(11-24-12)10-23-15-6-4-3-5-13(15)7-8-16(20)18-9-17(21)22-2/h3-8,11H,9-10H2,1-2H3,(H,18,20)/b8-7+. The number of aromatic nitrogens is 1. The van der Waals surface area contributed by atoms with Crippen LogP contribution in [-0.4, -0.2) is 30.5 Å². The number of nitrogens with one attached hydrogen (secondary N) is 1. The lowest BCUT2D eigenvalue weighted by Crippen LogP contribution is -2.28. The minimum Gasteiger partial charge on any atom is -0.487 e. The second kappa shape index (κ2) is 8.83. The minimum atomic E-state index is -0.501. The normalized spacial score (nSPS) is 10.6. The van der Waals surface area contributed by atoms with Gasteiger partial charge in [-0.3, -0.25) is 9.59 Å². The second-order valence-electron chi connectivity index (χ2n) is 4.81. The van der Waals surface area contributed by atoms with E-state index in [9.17, 15) is 9.59 Å². The molecule has 0 aliphatic carbocycles. The number of thiazole rings is 1. The van der Waals surface area contributed by atoms with Crippen molar-refractivity contribution in [3.63, 3.8) is 0 Å². The summed E-state index contributed by atoms with van der Waals surface area (Å²) in [7, 11) is 1.27. The molecule has 0 atom stereocenters. The number of hydrogen-bond donors (Lipinski definition) is 1. The molecule has 0 fully saturated rings. The first kappa shape index (κ1) is 17.7. The van der Waals surface area contributed by atoms with E-state index in [1.165, 1.54) is 13.2 Å². The fourth-order valence-corrected chi connectivity index (χ4v) is 2.43. The number of carbonyl (C=O) groups excluding carboxylic acids is 2. The van der Waals surface area contributed by atoms with Gasteiger partial charge in [0, 0.05) is 17.0 Å². The van der Waals surface area contributed by atoms with Gasteiger partial charge in [0.25, 0.3) is 0 Å². The van der Waals surface area contributed by atoms with Gasteiger partial charge in [0.1, 0.15) is 18.9 Å². The van der Waals surface area contributed by atoms with Gasteiger partial charge in [-0.05, 0) is 19.1 Å². The lowest BCUT2D eigenvalue weighted by Gasteiger charge is -2.07. The summed E-state index contributed by atoms with van der Waals surface area (Å²) in [4.78, 5) is 27.0. The van der Waals surface area contributed by atoms with Crippen LogP contribution >= 0.6 is 11.3 Å². The highest BCUT2D eigenvalue weighted by atomic mass is 32.1. The van der Waals surface area contributed by atoms with E-state index in [1.807, 2.05) is 36.6 Å². The van der Waals surface area contributed by atoms with Crippen LogP contribution < -0.4 is 10.1 Å². The monoisotopic (exact) mass is 346 g/mol. The fraction of sp³-hybridized carbons (Fsp3) is 0.235. The first-order valence-corrected chi connectivity index (χ1v) is 8.12. The van der Waals surface area contributed by atoms with Crippen LogP contribution in [0, 0.1) is 6.92 Å². The number of carbonyl (C=O) groups is 2. The van der Waals surface area contributed by atoms with Crippen molar-refractivity contribution in [2.45, 2.75) is 13.5 Å².